The van der Waals surface area contributed by atoms with Gasteiger partial charge in [-0.25, -0.2) is 13.9 Å². The number of carbonyl (C=O) groups excluding carboxylic acids is 2. The van der Waals surface area contributed by atoms with Gasteiger partial charge in [-0.15, -0.1) is 0 Å². The molecule has 1 aliphatic heterocycles. The minimum absolute atomic E-state index is 0.0264. The summed E-state index contributed by atoms with van der Waals surface area (Å²) in [6.07, 6.45) is 1.78. The first kappa shape index (κ1) is 28.8. The molecule has 2 heterocycles. The number of aromatic nitrogens is 2. The zero-order chi connectivity index (χ0) is 28.6. The molecule has 0 amide bonds. The van der Waals surface area contributed by atoms with Gasteiger partial charge in [0.2, 0.25) is 0 Å². The summed E-state index contributed by atoms with van der Waals surface area (Å²) in [5, 5.41) is 4.83. The van der Waals surface area contributed by atoms with Crippen molar-refractivity contribution < 1.29 is 32.9 Å². The van der Waals surface area contributed by atoms with Crippen molar-refractivity contribution in [1.29, 1.82) is 0 Å². The predicted octanol–water partition coefficient (Wildman–Crippen LogP) is 4.51. The van der Waals surface area contributed by atoms with Gasteiger partial charge >= 0.3 is 11.9 Å². The van der Waals surface area contributed by atoms with Crippen molar-refractivity contribution in [3.63, 3.8) is 0 Å². The average Bonchev–Trinajstić information content (AvgIpc) is 3.39. The van der Waals surface area contributed by atoms with E-state index in [9.17, 15) is 14.0 Å². The number of nitrogens with zero attached hydrogens (tertiary/aromatic N) is 3. The highest BCUT2D eigenvalue weighted by Gasteiger charge is 2.44. The Bertz CT molecular complexity index is 1400. The molecule has 0 aliphatic carbocycles. The molecule has 0 saturated carbocycles. The van der Waals surface area contributed by atoms with Gasteiger partial charge < -0.3 is 18.9 Å². The van der Waals surface area contributed by atoms with E-state index >= 15 is 0 Å². The highest BCUT2D eigenvalue weighted by atomic mass is 19.1. The Morgan fingerprint density at radius 1 is 0.900 bits per heavy atom. The van der Waals surface area contributed by atoms with E-state index in [2.05, 4.69) is 4.99 Å². The molecule has 0 radical (unpaired) electrons. The zero-order valence-corrected chi connectivity index (χ0v) is 22.9. The summed E-state index contributed by atoms with van der Waals surface area (Å²) in [7, 11) is 3.02. The third-order valence-corrected chi connectivity index (χ3v) is 6.57. The fourth-order valence-corrected chi connectivity index (χ4v) is 4.71. The molecular formula is C30H32FN3O6. The Kier molecular flexibility index (Phi) is 9.57. The molecule has 2 aromatic carbocycles. The number of hydrogen-bond donors (Lipinski definition) is 0. The topological polar surface area (TPSA) is 101 Å². The van der Waals surface area contributed by atoms with E-state index in [4.69, 9.17) is 24.0 Å². The molecule has 1 aromatic heterocycles. The van der Waals surface area contributed by atoms with E-state index in [0.717, 1.165) is 5.69 Å². The van der Waals surface area contributed by atoms with Gasteiger partial charge in [-0.2, -0.15) is 5.10 Å². The monoisotopic (exact) mass is 549 g/mol. The van der Waals surface area contributed by atoms with Crippen LogP contribution < -0.4 is 0 Å². The summed E-state index contributed by atoms with van der Waals surface area (Å²) in [6, 6.07) is 15.3. The first-order chi connectivity index (χ1) is 19.3. The van der Waals surface area contributed by atoms with Crippen LogP contribution in [-0.2, 0) is 28.5 Å². The molecule has 3 aromatic rings. The molecule has 40 heavy (non-hydrogen) atoms. The second-order valence-electron chi connectivity index (χ2n) is 9.22. The van der Waals surface area contributed by atoms with Crippen LogP contribution in [0.2, 0.25) is 0 Å². The van der Waals surface area contributed by atoms with E-state index in [0.29, 0.717) is 28.2 Å². The van der Waals surface area contributed by atoms with Gasteiger partial charge in [-0.05, 0) is 50.2 Å². The van der Waals surface area contributed by atoms with Gasteiger partial charge in [-0.1, -0.05) is 18.2 Å². The van der Waals surface area contributed by atoms with Crippen molar-refractivity contribution in [2.45, 2.75) is 19.8 Å². The molecule has 4 rings (SSSR count). The van der Waals surface area contributed by atoms with Crippen molar-refractivity contribution in [3.8, 4) is 16.9 Å². The normalized spacial score (nSPS) is 17.0. The Labute approximate surface area is 232 Å². The van der Waals surface area contributed by atoms with Crippen molar-refractivity contribution >= 4 is 17.7 Å². The third kappa shape index (κ3) is 6.35. The average molecular weight is 550 g/mol. The molecule has 2 atom stereocenters. The minimum Gasteiger partial charge on any atom is -0.463 e. The lowest BCUT2D eigenvalue weighted by Gasteiger charge is -2.31. The highest BCUT2D eigenvalue weighted by Crippen LogP contribution is 2.43. The van der Waals surface area contributed by atoms with E-state index in [-0.39, 0.29) is 32.0 Å². The number of esters is 2. The number of rotatable bonds is 11. The van der Waals surface area contributed by atoms with Crippen molar-refractivity contribution in [1.82, 2.24) is 9.78 Å². The predicted molar refractivity (Wildman–Crippen MR) is 147 cm³/mol. The van der Waals surface area contributed by atoms with Crippen molar-refractivity contribution in [2.75, 3.05) is 40.6 Å². The number of hydrogen-bond acceptors (Lipinski definition) is 8. The van der Waals surface area contributed by atoms with Crippen molar-refractivity contribution in [3.05, 3.63) is 83.4 Å². The summed E-state index contributed by atoms with van der Waals surface area (Å²) in [5.74, 6) is -3.37. The van der Waals surface area contributed by atoms with Crippen LogP contribution in [0.3, 0.4) is 0 Å². The third-order valence-electron chi connectivity index (χ3n) is 6.57. The van der Waals surface area contributed by atoms with Crippen LogP contribution in [0.4, 0.5) is 4.39 Å². The fraction of sp³-hybridized carbons (Fsp3) is 0.333. The fourth-order valence-electron chi connectivity index (χ4n) is 4.71. The standard InChI is InChI=1S/C30H32FN3O6/c1-19-25(29(35)39-16-14-37-3)27(26(20(2)32-19)30(36)40-17-15-38-4)24-18-34(23-8-6-5-7-9-23)33-28(24)21-10-12-22(31)13-11-21/h5-13,18,25,27H,14-17H2,1-4H3. The summed E-state index contributed by atoms with van der Waals surface area (Å²) in [5.41, 5.74) is 3.54. The molecule has 2 unspecified atom stereocenters. The molecule has 0 fully saturated rings. The maximum Gasteiger partial charge on any atom is 0.336 e. The number of aliphatic imine (C=N–C) groups is 1. The van der Waals surface area contributed by atoms with Crippen LogP contribution in [0, 0.1) is 11.7 Å². The SMILES string of the molecule is COCCOC(=O)C1=C(C)N=C(C)C(C(=O)OCCOC)C1c1cn(-c2ccccc2)nc1-c1ccc(F)cc1. The maximum absolute atomic E-state index is 13.9. The lowest BCUT2D eigenvalue weighted by molar-refractivity contribution is -0.148. The molecule has 0 saturated heterocycles. The zero-order valence-electron chi connectivity index (χ0n) is 22.9. The van der Waals surface area contributed by atoms with Crippen LogP contribution in [0.15, 0.2) is 77.1 Å². The summed E-state index contributed by atoms with van der Waals surface area (Å²) >= 11 is 0. The van der Waals surface area contributed by atoms with Gasteiger partial charge in [0.15, 0.2) is 0 Å². The minimum atomic E-state index is -0.946. The van der Waals surface area contributed by atoms with Crippen LogP contribution in [0.1, 0.15) is 25.3 Å². The van der Waals surface area contributed by atoms with Gasteiger partial charge in [-0.3, -0.25) is 9.79 Å². The Morgan fingerprint density at radius 2 is 1.55 bits per heavy atom. The van der Waals surface area contributed by atoms with Crippen LogP contribution in [0.25, 0.3) is 16.9 Å². The Hall–Kier alpha value is -4.15. The molecule has 210 valence electrons. The maximum atomic E-state index is 13.9. The molecule has 10 heteroatoms. The largest absolute Gasteiger partial charge is 0.463 e. The number of benzene rings is 2. The number of para-hydroxylation sites is 1. The molecule has 0 bridgehead atoms. The van der Waals surface area contributed by atoms with E-state index < -0.39 is 29.6 Å². The van der Waals surface area contributed by atoms with Crippen molar-refractivity contribution in [2.24, 2.45) is 10.9 Å². The van der Waals surface area contributed by atoms with Crippen LogP contribution >= 0.6 is 0 Å². The lowest BCUT2D eigenvalue weighted by atomic mass is 9.75. The smallest absolute Gasteiger partial charge is 0.336 e. The quantitative estimate of drug-likeness (QED) is 0.256. The van der Waals surface area contributed by atoms with Gasteiger partial charge in [0, 0.05) is 48.9 Å². The summed E-state index contributed by atoms with van der Waals surface area (Å²) in [6.45, 7) is 3.92. The number of carbonyl (C=O) groups is 2. The first-order valence-corrected chi connectivity index (χ1v) is 12.8. The Balaban J connectivity index is 1.91. The second kappa shape index (κ2) is 13.3. The van der Waals surface area contributed by atoms with Gasteiger partial charge in [0.1, 0.15) is 24.9 Å². The number of halogens is 1. The summed E-state index contributed by atoms with van der Waals surface area (Å²) in [4.78, 5) is 31.6. The number of methoxy groups -OCH3 is 2. The number of ether oxygens (including phenoxy) is 4. The molecule has 9 nitrogen and oxygen atoms in total. The van der Waals surface area contributed by atoms with E-state index in [1.54, 1.807) is 36.9 Å². The molecule has 1 aliphatic rings. The second-order valence-corrected chi connectivity index (χ2v) is 9.22. The molecule has 0 spiro atoms. The van der Waals surface area contributed by atoms with E-state index in [1.807, 2.05) is 30.3 Å². The Morgan fingerprint density at radius 3 is 2.20 bits per heavy atom. The number of allylic oxidation sites excluding steroid dienone is 1. The molecule has 0 N–H and O–H groups in total. The van der Waals surface area contributed by atoms with Gasteiger partial charge in [0.25, 0.3) is 0 Å². The van der Waals surface area contributed by atoms with E-state index in [1.165, 1.54) is 26.4 Å². The lowest BCUT2D eigenvalue weighted by Crippen LogP contribution is -2.37. The van der Waals surface area contributed by atoms with Gasteiger partial charge in [0.05, 0.1) is 30.2 Å². The highest BCUT2D eigenvalue weighted by molar-refractivity contribution is 6.07. The first-order valence-electron chi connectivity index (χ1n) is 12.8. The molecular weight excluding hydrogens is 517 g/mol. The summed E-state index contributed by atoms with van der Waals surface area (Å²) < 4.78 is 36.7. The van der Waals surface area contributed by atoms with Crippen LogP contribution in [0.5, 0.6) is 0 Å². The van der Waals surface area contributed by atoms with Crippen LogP contribution in [-0.4, -0.2) is 68.1 Å².